The maximum atomic E-state index is 5.88. The van der Waals surface area contributed by atoms with Crippen LogP contribution in [0.5, 0.6) is 11.5 Å². The van der Waals surface area contributed by atoms with Gasteiger partial charge in [0.1, 0.15) is 18.1 Å². The largest absolute Gasteiger partial charge is 0.494 e. The van der Waals surface area contributed by atoms with Crippen LogP contribution in [0.2, 0.25) is 0 Å². The van der Waals surface area contributed by atoms with Gasteiger partial charge in [0.2, 0.25) is 5.82 Å². The summed E-state index contributed by atoms with van der Waals surface area (Å²) in [5.74, 6) is 2.70. The van der Waals surface area contributed by atoms with E-state index in [1.54, 1.807) is 0 Å². The minimum Gasteiger partial charge on any atom is -0.494 e. The highest BCUT2D eigenvalue weighted by Crippen LogP contribution is 2.26. The van der Waals surface area contributed by atoms with Crippen LogP contribution in [0, 0.1) is 0 Å². The number of unbranched alkanes of at least 4 members (excludes halogenated alkanes) is 6. The molecule has 5 heteroatoms. The van der Waals surface area contributed by atoms with Crippen molar-refractivity contribution < 1.29 is 14.0 Å². The highest BCUT2D eigenvalue weighted by molar-refractivity contribution is 5.60. The number of benzene rings is 3. The molecule has 3 aromatic carbocycles. The molecule has 0 bridgehead atoms. The lowest BCUT2D eigenvalue weighted by molar-refractivity contribution is 0.304. The number of aromatic nitrogens is 2. The second kappa shape index (κ2) is 13.3. The Kier molecular flexibility index (Phi) is 9.34. The highest BCUT2D eigenvalue weighted by atomic mass is 16.5. The summed E-state index contributed by atoms with van der Waals surface area (Å²) >= 11 is 0. The molecule has 4 rings (SSSR count). The van der Waals surface area contributed by atoms with Gasteiger partial charge in [0.05, 0.1) is 6.61 Å². The van der Waals surface area contributed by atoms with Crippen molar-refractivity contribution in [3.8, 4) is 34.3 Å². The number of hydrogen-bond donors (Lipinski definition) is 0. The molecule has 0 aliphatic heterocycles. The van der Waals surface area contributed by atoms with E-state index in [-0.39, 0.29) is 0 Å². The van der Waals surface area contributed by atoms with Crippen LogP contribution in [0.25, 0.3) is 22.8 Å². The topological polar surface area (TPSA) is 57.4 Å². The first kappa shape index (κ1) is 24.5. The van der Waals surface area contributed by atoms with Crippen molar-refractivity contribution in [2.45, 2.75) is 58.5 Å². The van der Waals surface area contributed by atoms with E-state index in [9.17, 15) is 0 Å². The van der Waals surface area contributed by atoms with Gasteiger partial charge >= 0.3 is 0 Å². The van der Waals surface area contributed by atoms with Gasteiger partial charge in [-0.2, -0.15) is 4.98 Å². The Hall–Kier alpha value is -3.60. The Bertz CT molecular complexity index is 1120. The first-order valence-electron chi connectivity index (χ1n) is 12.7. The molecule has 0 N–H and O–H groups in total. The fourth-order valence-corrected chi connectivity index (χ4v) is 3.84. The molecule has 0 radical (unpaired) electrons. The van der Waals surface area contributed by atoms with Crippen LogP contribution in [0.3, 0.4) is 0 Å². The molecule has 0 saturated heterocycles. The van der Waals surface area contributed by atoms with E-state index < -0.39 is 0 Å². The van der Waals surface area contributed by atoms with Crippen LogP contribution in [0.1, 0.15) is 57.4 Å². The van der Waals surface area contributed by atoms with Crippen molar-refractivity contribution in [2.75, 3.05) is 6.61 Å². The lowest BCUT2D eigenvalue weighted by atomic mass is 10.1. The minimum absolute atomic E-state index is 0.489. The van der Waals surface area contributed by atoms with Gasteiger partial charge in [-0.25, -0.2) is 0 Å². The molecule has 0 unspecified atom stereocenters. The van der Waals surface area contributed by atoms with E-state index >= 15 is 0 Å². The average Bonchev–Trinajstić information content (AvgIpc) is 3.41. The quantitative estimate of drug-likeness (QED) is 0.174. The first-order valence-corrected chi connectivity index (χ1v) is 12.7. The van der Waals surface area contributed by atoms with E-state index in [4.69, 9.17) is 14.0 Å². The third-order valence-corrected chi connectivity index (χ3v) is 5.90. The zero-order chi connectivity index (χ0) is 24.1. The lowest BCUT2D eigenvalue weighted by Gasteiger charge is -2.06. The molecule has 0 amide bonds. The van der Waals surface area contributed by atoms with Crippen molar-refractivity contribution in [2.24, 2.45) is 0 Å². The molecular formula is C30H34N2O3. The summed E-state index contributed by atoms with van der Waals surface area (Å²) in [5.41, 5.74) is 2.88. The molecule has 1 heterocycles. The molecule has 5 nitrogen and oxygen atoms in total. The molecule has 1 aromatic heterocycles. The predicted octanol–water partition coefficient (Wildman–Crippen LogP) is 8.11. The summed E-state index contributed by atoms with van der Waals surface area (Å²) in [4.78, 5) is 4.56. The summed E-state index contributed by atoms with van der Waals surface area (Å²) < 4.78 is 17.2. The van der Waals surface area contributed by atoms with Gasteiger partial charge in [-0.1, -0.05) is 80.9 Å². The Labute approximate surface area is 208 Å². The maximum Gasteiger partial charge on any atom is 0.258 e. The van der Waals surface area contributed by atoms with Crippen molar-refractivity contribution in [1.82, 2.24) is 10.1 Å². The van der Waals surface area contributed by atoms with Crippen LogP contribution in [-0.2, 0) is 6.61 Å². The first-order chi connectivity index (χ1) is 17.3. The van der Waals surface area contributed by atoms with E-state index in [1.807, 2.05) is 78.9 Å². The summed E-state index contributed by atoms with van der Waals surface area (Å²) in [6.45, 7) is 3.53. The molecule has 0 aliphatic carbocycles. The zero-order valence-electron chi connectivity index (χ0n) is 20.5. The van der Waals surface area contributed by atoms with Gasteiger partial charge < -0.3 is 14.0 Å². The molecule has 0 saturated carbocycles. The van der Waals surface area contributed by atoms with Crippen molar-refractivity contribution in [3.63, 3.8) is 0 Å². The van der Waals surface area contributed by atoms with Crippen LogP contribution in [0.15, 0.2) is 83.4 Å². The van der Waals surface area contributed by atoms with Crippen molar-refractivity contribution in [3.05, 3.63) is 84.4 Å². The molecule has 0 aliphatic rings. The SMILES string of the molecule is CCCCCCCCCOc1ccc(-c2nc(-c3ccc(OCc4ccccc4)cc3)no2)cc1. The van der Waals surface area contributed by atoms with Crippen molar-refractivity contribution >= 4 is 0 Å². The van der Waals surface area contributed by atoms with Crippen LogP contribution < -0.4 is 9.47 Å². The summed E-state index contributed by atoms with van der Waals surface area (Å²) in [7, 11) is 0. The molecule has 4 aromatic rings. The summed E-state index contributed by atoms with van der Waals surface area (Å²) in [6, 6.07) is 25.7. The Morgan fingerprint density at radius 3 is 2.00 bits per heavy atom. The molecule has 0 fully saturated rings. The van der Waals surface area contributed by atoms with Gasteiger partial charge in [0, 0.05) is 11.1 Å². The fourth-order valence-electron chi connectivity index (χ4n) is 3.84. The lowest BCUT2D eigenvalue weighted by Crippen LogP contribution is -1.97. The molecular weight excluding hydrogens is 436 g/mol. The van der Waals surface area contributed by atoms with E-state index in [2.05, 4.69) is 17.1 Å². The van der Waals surface area contributed by atoms with Crippen LogP contribution in [-0.4, -0.2) is 16.7 Å². The minimum atomic E-state index is 0.489. The van der Waals surface area contributed by atoms with E-state index in [0.717, 1.165) is 41.2 Å². The normalized spacial score (nSPS) is 10.9. The van der Waals surface area contributed by atoms with Gasteiger partial charge in [-0.05, 0) is 60.5 Å². The molecule has 182 valence electrons. The average molecular weight is 471 g/mol. The molecule has 0 spiro atoms. The fraction of sp³-hybridized carbons (Fsp3) is 0.333. The van der Waals surface area contributed by atoms with Crippen LogP contribution in [0.4, 0.5) is 0 Å². The molecule has 0 atom stereocenters. The Morgan fingerprint density at radius 2 is 1.29 bits per heavy atom. The second-order valence-electron chi connectivity index (χ2n) is 8.72. The van der Waals surface area contributed by atoms with Gasteiger partial charge in [-0.3, -0.25) is 0 Å². The number of nitrogens with zero attached hydrogens (tertiary/aromatic N) is 2. The van der Waals surface area contributed by atoms with E-state index in [1.165, 1.54) is 38.5 Å². The number of ether oxygens (including phenoxy) is 2. The van der Waals surface area contributed by atoms with Gasteiger partial charge in [0.15, 0.2) is 0 Å². The predicted molar refractivity (Wildman–Crippen MR) is 139 cm³/mol. The number of rotatable bonds is 14. The van der Waals surface area contributed by atoms with E-state index in [0.29, 0.717) is 18.3 Å². The maximum absolute atomic E-state index is 5.88. The standard InChI is InChI=1S/C30H34N2O3/c1-2-3-4-5-6-7-11-22-33-27-20-16-26(17-21-27)30-31-29(32-35-30)25-14-18-28(19-15-25)34-23-24-12-9-8-10-13-24/h8-10,12-21H,2-7,11,22-23H2,1H3. The second-order valence-corrected chi connectivity index (χ2v) is 8.72. The molecule has 35 heavy (non-hydrogen) atoms. The zero-order valence-corrected chi connectivity index (χ0v) is 20.5. The third-order valence-electron chi connectivity index (χ3n) is 5.90. The highest BCUT2D eigenvalue weighted by Gasteiger charge is 2.11. The Balaban J connectivity index is 1.24. The number of hydrogen-bond acceptors (Lipinski definition) is 5. The van der Waals surface area contributed by atoms with Crippen molar-refractivity contribution in [1.29, 1.82) is 0 Å². The van der Waals surface area contributed by atoms with Crippen LogP contribution >= 0.6 is 0 Å². The summed E-state index contributed by atoms with van der Waals surface area (Å²) in [6.07, 6.45) is 8.95. The van der Waals surface area contributed by atoms with Gasteiger partial charge in [-0.15, -0.1) is 0 Å². The Morgan fingerprint density at radius 1 is 0.657 bits per heavy atom. The monoisotopic (exact) mass is 470 g/mol. The van der Waals surface area contributed by atoms with Gasteiger partial charge in [0.25, 0.3) is 5.89 Å². The summed E-state index contributed by atoms with van der Waals surface area (Å²) in [5, 5.41) is 4.15. The smallest absolute Gasteiger partial charge is 0.258 e. The third kappa shape index (κ3) is 7.71.